The van der Waals surface area contributed by atoms with E-state index in [-0.39, 0.29) is 12.2 Å². The van der Waals surface area contributed by atoms with E-state index in [2.05, 4.69) is 5.32 Å². The molecule has 0 saturated heterocycles. The highest BCUT2D eigenvalue weighted by molar-refractivity contribution is 7.89. The van der Waals surface area contributed by atoms with Crippen molar-refractivity contribution in [1.29, 1.82) is 0 Å². The molecule has 0 aromatic carbocycles. The third-order valence-corrected chi connectivity index (χ3v) is 3.32. The minimum absolute atomic E-state index is 0.278. The number of carboxylic acid groups (broad SMARTS) is 1. The van der Waals surface area contributed by atoms with Crippen LogP contribution in [0, 0.1) is 0 Å². The number of aliphatic carboxylic acids is 1. The Bertz CT molecular complexity index is 592. The number of rotatable bonds is 7. The number of carboxylic acids is 1. The van der Waals surface area contributed by atoms with Crippen LogP contribution in [0.2, 0.25) is 0 Å². The van der Waals surface area contributed by atoms with Crippen molar-refractivity contribution < 1.29 is 27.5 Å². The zero-order valence-electron chi connectivity index (χ0n) is 10.8. The molecule has 1 amide bonds. The molecule has 0 spiro atoms. The predicted octanol–water partition coefficient (Wildman–Crippen LogP) is 0.300. The second-order valence-corrected chi connectivity index (χ2v) is 5.66. The van der Waals surface area contributed by atoms with E-state index in [1.807, 2.05) is 6.92 Å². The molecule has 4 N–H and O–H groups in total. The van der Waals surface area contributed by atoms with E-state index in [0.717, 1.165) is 18.6 Å². The molecule has 1 rings (SSSR count). The summed E-state index contributed by atoms with van der Waals surface area (Å²) in [5.41, 5.74) is 0. The number of carbonyl (C=O) groups is 2. The standard InChI is InChI=1S/C11H16N2O6S/c1-2-3-4-7(11(15)16)13-10(14)8-5-6-9(19-8)20(12,17)18/h5-7H,2-4H2,1H3,(H,13,14)(H,15,16)(H2,12,17,18)/t7-/m0/s1. The molecule has 0 aliphatic rings. The van der Waals surface area contributed by atoms with E-state index in [0.29, 0.717) is 6.42 Å². The lowest BCUT2D eigenvalue weighted by atomic mass is 10.1. The summed E-state index contributed by atoms with van der Waals surface area (Å²) >= 11 is 0. The van der Waals surface area contributed by atoms with Crippen LogP contribution in [0.15, 0.2) is 21.6 Å². The Balaban J connectivity index is 2.79. The Morgan fingerprint density at radius 1 is 1.45 bits per heavy atom. The lowest BCUT2D eigenvalue weighted by Crippen LogP contribution is -2.40. The molecule has 0 radical (unpaired) electrons. The Morgan fingerprint density at radius 2 is 2.10 bits per heavy atom. The molecule has 1 atom stereocenters. The zero-order valence-corrected chi connectivity index (χ0v) is 11.6. The van der Waals surface area contributed by atoms with Crippen LogP contribution in [-0.4, -0.2) is 31.4 Å². The normalized spacial score (nSPS) is 12.9. The number of nitrogens with two attached hydrogens (primary N) is 1. The molecule has 0 aliphatic carbocycles. The van der Waals surface area contributed by atoms with Gasteiger partial charge in [-0.25, -0.2) is 18.4 Å². The van der Waals surface area contributed by atoms with Crippen LogP contribution in [0.3, 0.4) is 0 Å². The van der Waals surface area contributed by atoms with Gasteiger partial charge in [0.15, 0.2) is 5.76 Å². The maximum atomic E-state index is 11.8. The second kappa shape index (κ2) is 6.53. The van der Waals surface area contributed by atoms with Crippen LogP contribution in [0.4, 0.5) is 0 Å². The van der Waals surface area contributed by atoms with E-state index in [1.54, 1.807) is 0 Å². The maximum absolute atomic E-state index is 11.8. The highest BCUT2D eigenvalue weighted by Gasteiger charge is 2.23. The number of amides is 1. The monoisotopic (exact) mass is 304 g/mol. The first kappa shape index (κ1) is 16.2. The van der Waals surface area contributed by atoms with Crippen molar-refractivity contribution in [3.63, 3.8) is 0 Å². The summed E-state index contributed by atoms with van der Waals surface area (Å²) in [5, 5.41) is 15.5. The van der Waals surface area contributed by atoms with Gasteiger partial charge in [0.05, 0.1) is 0 Å². The van der Waals surface area contributed by atoms with Crippen molar-refractivity contribution in [3.8, 4) is 0 Å². The number of sulfonamides is 1. The molecule has 20 heavy (non-hydrogen) atoms. The first-order valence-corrected chi connectivity index (χ1v) is 7.46. The van der Waals surface area contributed by atoms with E-state index < -0.39 is 33.0 Å². The Hall–Kier alpha value is -1.87. The number of carbonyl (C=O) groups excluding carboxylic acids is 1. The Labute approximate surface area is 116 Å². The molecular formula is C11H16N2O6S. The largest absolute Gasteiger partial charge is 0.480 e. The smallest absolute Gasteiger partial charge is 0.326 e. The van der Waals surface area contributed by atoms with Gasteiger partial charge in [-0.1, -0.05) is 19.8 Å². The molecule has 0 saturated carbocycles. The van der Waals surface area contributed by atoms with Gasteiger partial charge in [0.25, 0.3) is 15.9 Å². The number of unbranched alkanes of at least 4 members (excludes halogenated alkanes) is 1. The number of hydrogen-bond donors (Lipinski definition) is 3. The topological polar surface area (TPSA) is 140 Å². The summed E-state index contributed by atoms with van der Waals surface area (Å²) < 4.78 is 26.8. The molecule has 8 nitrogen and oxygen atoms in total. The van der Waals surface area contributed by atoms with Gasteiger partial charge in [0.2, 0.25) is 5.09 Å². The van der Waals surface area contributed by atoms with Crippen LogP contribution in [0.1, 0.15) is 36.7 Å². The molecule has 112 valence electrons. The van der Waals surface area contributed by atoms with E-state index in [9.17, 15) is 18.0 Å². The van der Waals surface area contributed by atoms with Crippen LogP contribution < -0.4 is 10.5 Å². The zero-order chi connectivity index (χ0) is 15.3. The average Bonchev–Trinajstić information content (AvgIpc) is 2.83. The lowest BCUT2D eigenvalue weighted by molar-refractivity contribution is -0.139. The fourth-order valence-electron chi connectivity index (χ4n) is 1.49. The lowest BCUT2D eigenvalue weighted by Gasteiger charge is -2.12. The molecular weight excluding hydrogens is 288 g/mol. The molecule has 0 aliphatic heterocycles. The number of furan rings is 1. The van der Waals surface area contributed by atoms with Crippen molar-refractivity contribution in [2.24, 2.45) is 5.14 Å². The fraction of sp³-hybridized carbons (Fsp3) is 0.455. The summed E-state index contributed by atoms with van der Waals surface area (Å²) in [5.74, 6) is -2.27. The third-order valence-electron chi connectivity index (χ3n) is 2.54. The van der Waals surface area contributed by atoms with Crippen LogP contribution in [0.25, 0.3) is 0 Å². The average molecular weight is 304 g/mol. The van der Waals surface area contributed by atoms with Crippen LogP contribution in [-0.2, 0) is 14.8 Å². The van der Waals surface area contributed by atoms with Gasteiger partial charge in [-0.3, -0.25) is 4.79 Å². The first-order valence-electron chi connectivity index (χ1n) is 5.92. The summed E-state index contributed by atoms with van der Waals surface area (Å²) in [6.45, 7) is 1.89. The molecule has 9 heteroatoms. The van der Waals surface area contributed by atoms with Gasteiger partial charge in [0.1, 0.15) is 6.04 Å². The van der Waals surface area contributed by atoms with Crippen molar-refractivity contribution >= 4 is 21.9 Å². The first-order chi connectivity index (χ1) is 9.25. The SMILES string of the molecule is CCCC[C@H](NC(=O)c1ccc(S(N)(=O)=O)o1)C(=O)O. The summed E-state index contributed by atoms with van der Waals surface area (Å²) in [4.78, 5) is 22.7. The van der Waals surface area contributed by atoms with Crippen LogP contribution >= 0.6 is 0 Å². The minimum Gasteiger partial charge on any atom is -0.480 e. The van der Waals surface area contributed by atoms with Gasteiger partial charge in [-0.05, 0) is 18.6 Å². The van der Waals surface area contributed by atoms with E-state index in [1.165, 1.54) is 0 Å². The second-order valence-electron chi connectivity index (χ2n) is 4.17. The van der Waals surface area contributed by atoms with Crippen molar-refractivity contribution in [2.45, 2.75) is 37.3 Å². The Kier molecular flexibility index (Phi) is 5.28. The van der Waals surface area contributed by atoms with Gasteiger partial charge < -0.3 is 14.8 Å². The molecule has 0 fully saturated rings. The minimum atomic E-state index is -4.04. The van der Waals surface area contributed by atoms with Gasteiger partial charge in [-0.15, -0.1) is 0 Å². The van der Waals surface area contributed by atoms with Gasteiger partial charge in [0, 0.05) is 0 Å². The molecule has 1 heterocycles. The highest BCUT2D eigenvalue weighted by atomic mass is 32.2. The number of primary sulfonamides is 1. The summed E-state index contributed by atoms with van der Waals surface area (Å²) in [6.07, 6.45) is 1.70. The summed E-state index contributed by atoms with van der Waals surface area (Å²) in [6, 6.07) is 1.10. The quantitative estimate of drug-likeness (QED) is 0.662. The van der Waals surface area contributed by atoms with Crippen LogP contribution in [0.5, 0.6) is 0 Å². The predicted molar refractivity (Wildman–Crippen MR) is 68.5 cm³/mol. The number of nitrogens with one attached hydrogen (secondary N) is 1. The number of hydrogen-bond acceptors (Lipinski definition) is 5. The third kappa shape index (κ3) is 4.35. The van der Waals surface area contributed by atoms with Gasteiger partial charge >= 0.3 is 5.97 Å². The fourth-order valence-corrected chi connectivity index (χ4v) is 1.95. The van der Waals surface area contributed by atoms with Gasteiger partial charge in [-0.2, -0.15) is 0 Å². The summed E-state index contributed by atoms with van der Waals surface area (Å²) in [7, 11) is -4.04. The molecule has 0 unspecified atom stereocenters. The molecule has 1 aromatic rings. The molecule has 1 aromatic heterocycles. The maximum Gasteiger partial charge on any atom is 0.326 e. The Morgan fingerprint density at radius 3 is 2.55 bits per heavy atom. The molecule has 0 bridgehead atoms. The van der Waals surface area contributed by atoms with E-state index in [4.69, 9.17) is 14.7 Å². The highest BCUT2D eigenvalue weighted by Crippen LogP contribution is 2.12. The van der Waals surface area contributed by atoms with E-state index >= 15 is 0 Å². The van der Waals surface area contributed by atoms with Crippen molar-refractivity contribution in [1.82, 2.24) is 5.32 Å². The van der Waals surface area contributed by atoms with Crippen molar-refractivity contribution in [3.05, 3.63) is 17.9 Å². The van der Waals surface area contributed by atoms with Crippen molar-refractivity contribution in [2.75, 3.05) is 0 Å².